The first-order chi connectivity index (χ1) is 6.86. The van der Waals surface area contributed by atoms with E-state index in [4.69, 9.17) is 18.9 Å². The lowest BCUT2D eigenvalue weighted by Crippen LogP contribution is -2.37. The first-order valence-electron chi connectivity index (χ1n) is 5.29. The molecular weight excluding hydrogens is 184 g/mol. The van der Waals surface area contributed by atoms with Crippen LogP contribution in [0.2, 0.25) is 0 Å². The van der Waals surface area contributed by atoms with Crippen LogP contribution < -0.4 is 0 Å². The highest BCUT2D eigenvalue weighted by Crippen LogP contribution is 2.11. The molecule has 14 heavy (non-hydrogen) atoms. The van der Waals surface area contributed by atoms with Gasteiger partial charge in [-0.1, -0.05) is 0 Å². The Kier molecular flexibility index (Phi) is 6.10. The SMILES string of the molecule is CCOCCC1COC(OCC)CO1. The maximum absolute atomic E-state index is 5.56. The molecule has 1 heterocycles. The Bertz CT molecular complexity index is 132. The largest absolute Gasteiger partial charge is 0.382 e. The standard InChI is InChI=1S/C10H20O4/c1-3-11-6-5-9-7-14-10(8-13-9)12-4-2/h9-10H,3-8H2,1-2H3. The van der Waals surface area contributed by atoms with E-state index in [9.17, 15) is 0 Å². The van der Waals surface area contributed by atoms with Gasteiger partial charge in [0.1, 0.15) is 0 Å². The van der Waals surface area contributed by atoms with Gasteiger partial charge in [0.25, 0.3) is 0 Å². The summed E-state index contributed by atoms with van der Waals surface area (Å²) in [5, 5.41) is 0. The van der Waals surface area contributed by atoms with Crippen LogP contribution in [-0.4, -0.2) is 45.4 Å². The van der Waals surface area contributed by atoms with Gasteiger partial charge >= 0.3 is 0 Å². The van der Waals surface area contributed by atoms with E-state index in [-0.39, 0.29) is 12.4 Å². The highest BCUT2D eigenvalue weighted by molar-refractivity contribution is 4.62. The monoisotopic (exact) mass is 204 g/mol. The number of ether oxygens (including phenoxy) is 4. The van der Waals surface area contributed by atoms with Crippen molar-refractivity contribution in [2.24, 2.45) is 0 Å². The van der Waals surface area contributed by atoms with Crippen molar-refractivity contribution in [3.8, 4) is 0 Å². The molecule has 1 saturated heterocycles. The zero-order chi connectivity index (χ0) is 10.2. The highest BCUT2D eigenvalue weighted by atomic mass is 16.7. The molecule has 1 rings (SSSR count). The molecule has 0 saturated carbocycles. The fourth-order valence-corrected chi connectivity index (χ4v) is 1.33. The van der Waals surface area contributed by atoms with Crippen molar-refractivity contribution in [3.05, 3.63) is 0 Å². The lowest BCUT2D eigenvalue weighted by Gasteiger charge is -2.29. The average Bonchev–Trinajstić information content (AvgIpc) is 2.21. The first kappa shape index (κ1) is 11.9. The van der Waals surface area contributed by atoms with Crippen molar-refractivity contribution in [1.82, 2.24) is 0 Å². The van der Waals surface area contributed by atoms with Crippen molar-refractivity contribution in [2.45, 2.75) is 32.7 Å². The molecule has 0 aromatic heterocycles. The molecule has 2 unspecified atom stereocenters. The molecule has 0 bridgehead atoms. The maximum atomic E-state index is 5.56. The number of hydrogen-bond acceptors (Lipinski definition) is 4. The Labute approximate surface area is 85.5 Å². The third kappa shape index (κ3) is 4.37. The van der Waals surface area contributed by atoms with Crippen LogP contribution in [0.3, 0.4) is 0 Å². The Hall–Kier alpha value is -0.160. The molecule has 0 aromatic carbocycles. The maximum Gasteiger partial charge on any atom is 0.180 e. The minimum absolute atomic E-state index is 0.165. The summed E-state index contributed by atoms with van der Waals surface area (Å²) in [4.78, 5) is 0. The van der Waals surface area contributed by atoms with Crippen molar-refractivity contribution in [2.75, 3.05) is 33.0 Å². The van der Waals surface area contributed by atoms with E-state index in [1.165, 1.54) is 0 Å². The number of hydrogen-bond donors (Lipinski definition) is 0. The highest BCUT2D eigenvalue weighted by Gasteiger charge is 2.21. The molecule has 0 aliphatic carbocycles. The second kappa shape index (κ2) is 7.17. The van der Waals surface area contributed by atoms with Gasteiger partial charge in [0, 0.05) is 19.8 Å². The van der Waals surface area contributed by atoms with Crippen molar-refractivity contribution < 1.29 is 18.9 Å². The van der Waals surface area contributed by atoms with Crippen molar-refractivity contribution in [3.63, 3.8) is 0 Å². The Morgan fingerprint density at radius 2 is 2.00 bits per heavy atom. The molecule has 0 aromatic rings. The molecule has 1 aliphatic heterocycles. The zero-order valence-corrected chi connectivity index (χ0v) is 9.03. The van der Waals surface area contributed by atoms with E-state index < -0.39 is 0 Å². The number of rotatable bonds is 6. The summed E-state index contributed by atoms with van der Waals surface area (Å²) in [5.74, 6) is 0. The van der Waals surface area contributed by atoms with Crippen molar-refractivity contribution in [1.29, 1.82) is 0 Å². The van der Waals surface area contributed by atoms with E-state index in [2.05, 4.69) is 0 Å². The van der Waals surface area contributed by atoms with Gasteiger partial charge in [-0.05, 0) is 20.3 Å². The lowest BCUT2D eigenvalue weighted by atomic mass is 10.2. The predicted octanol–water partition coefficient (Wildman–Crippen LogP) is 1.19. The normalized spacial score (nSPS) is 27.9. The summed E-state index contributed by atoms with van der Waals surface area (Å²) in [6.45, 7) is 7.24. The summed E-state index contributed by atoms with van der Waals surface area (Å²) in [7, 11) is 0. The summed E-state index contributed by atoms with van der Waals surface area (Å²) in [5.41, 5.74) is 0. The third-order valence-corrected chi connectivity index (χ3v) is 2.08. The van der Waals surface area contributed by atoms with Gasteiger partial charge in [0.05, 0.1) is 19.3 Å². The summed E-state index contributed by atoms with van der Waals surface area (Å²) in [6.07, 6.45) is 0.883. The van der Waals surface area contributed by atoms with E-state index in [0.717, 1.165) is 19.6 Å². The molecule has 1 fully saturated rings. The first-order valence-corrected chi connectivity index (χ1v) is 5.29. The summed E-state index contributed by atoms with van der Waals surface area (Å²) in [6, 6.07) is 0. The van der Waals surface area contributed by atoms with Gasteiger partial charge < -0.3 is 18.9 Å². The molecule has 0 spiro atoms. The molecule has 0 radical (unpaired) electrons. The molecule has 0 amide bonds. The van der Waals surface area contributed by atoms with Gasteiger partial charge in [-0.2, -0.15) is 0 Å². The van der Waals surface area contributed by atoms with Gasteiger partial charge in [-0.25, -0.2) is 0 Å². The van der Waals surface area contributed by atoms with Crippen LogP contribution in [0.1, 0.15) is 20.3 Å². The molecule has 0 N–H and O–H groups in total. The quantitative estimate of drug-likeness (QED) is 0.609. The Morgan fingerprint density at radius 3 is 2.57 bits per heavy atom. The van der Waals surface area contributed by atoms with Crippen LogP contribution >= 0.6 is 0 Å². The van der Waals surface area contributed by atoms with Crippen LogP contribution in [0, 0.1) is 0 Å². The molecule has 4 heteroatoms. The Balaban J connectivity index is 2.03. The molecule has 84 valence electrons. The van der Waals surface area contributed by atoms with E-state index in [0.29, 0.717) is 19.8 Å². The minimum atomic E-state index is -0.177. The minimum Gasteiger partial charge on any atom is -0.382 e. The Morgan fingerprint density at radius 1 is 1.14 bits per heavy atom. The third-order valence-electron chi connectivity index (χ3n) is 2.08. The van der Waals surface area contributed by atoms with Crippen LogP contribution in [0.15, 0.2) is 0 Å². The van der Waals surface area contributed by atoms with E-state index in [1.54, 1.807) is 0 Å². The topological polar surface area (TPSA) is 36.9 Å². The smallest absolute Gasteiger partial charge is 0.180 e. The van der Waals surface area contributed by atoms with E-state index in [1.807, 2.05) is 13.8 Å². The fourth-order valence-electron chi connectivity index (χ4n) is 1.33. The van der Waals surface area contributed by atoms with Gasteiger partial charge in [0.2, 0.25) is 0 Å². The molecule has 1 aliphatic rings. The van der Waals surface area contributed by atoms with Gasteiger partial charge in [-0.15, -0.1) is 0 Å². The lowest BCUT2D eigenvalue weighted by molar-refractivity contribution is -0.234. The average molecular weight is 204 g/mol. The zero-order valence-electron chi connectivity index (χ0n) is 9.03. The molecule has 4 nitrogen and oxygen atoms in total. The van der Waals surface area contributed by atoms with Gasteiger partial charge in [0.15, 0.2) is 6.29 Å². The second-order valence-electron chi connectivity index (χ2n) is 3.16. The fraction of sp³-hybridized carbons (Fsp3) is 1.00. The van der Waals surface area contributed by atoms with Crippen LogP contribution in [0.25, 0.3) is 0 Å². The second-order valence-corrected chi connectivity index (χ2v) is 3.16. The molecule has 2 atom stereocenters. The van der Waals surface area contributed by atoms with Crippen LogP contribution in [0.4, 0.5) is 0 Å². The van der Waals surface area contributed by atoms with Crippen molar-refractivity contribution >= 4 is 0 Å². The predicted molar refractivity (Wildman–Crippen MR) is 52.2 cm³/mol. The van der Waals surface area contributed by atoms with Crippen LogP contribution in [0.5, 0.6) is 0 Å². The molecular formula is C10H20O4. The van der Waals surface area contributed by atoms with Gasteiger partial charge in [-0.3, -0.25) is 0 Å². The summed E-state index contributed by atoms with van der Waals surface area (Å²) >= 11 is 0. The summed E-state index contributed by atoms with van der Waals surface area (Å²) < 4.78 is 21.5. The van der Waals surface area contributed by atoms with Crippen LogP contribution in [-0.2, 0) is 18.9 Å². The van der Waals surface area contributed by atoms with E-state index >= 15 is 0 Å².